The second kappa shape index (κ2) is 5.08. The Morgan fingerprint density at radius 3 is 2.79 bits per heavy atom. The first-order valence-corrected chi connectivity index (χ1v) is 4.79. The van der Waals surface area contributed by atoms with E-state index in [0.717, 1.165) is 0 Å². The number of hydrogen-bond donors (Lipinski definition) is 1. The van der Waals surface area contributed by atoms with Gasteiger partial charge in [0.15, 0.2) is 5.75 Å². The summed E-state index contributed by atoms with van der Waals surface area (Å²) in [5, 5.41) is 0.873. The molecule has 3 nitrogen and oxygen atoms in total. The van der Waals surface area contributed by atoms with Crippen LogP contribution in [0, 0.1) is 0 Å². The molecule has 0 spiro atoms. The van der Waals surface area contributed by atoms with E-state index in [1.54, 1.807) is 19.1 Å². The maximum Gasteiger partial charge on any atom is 0.252 e. The molecular weight excluding hydrogens is 225 g/mol. The lowest BCUT2D eigenvalue weighted by molar-refractivity contribution is -0.127. The van der Waals surface area contributed by atoms with E-state index in [2.05, 4.69) is 5.48 Å². The summed E-state index contributed by atoms with van der Waals surface area (Å²) in [5.74, 6) is 0.161. The van der Waals surface area contributed by atoms with Crippen LogP contribution in [0.2, 0.25) is 10.0 Å². The van der Waals surface area contributed by atoms with Gasteiger partial charge in [-0.1, -0.05) is 30.1 Å². The lowest BCUT2D eigenvalue weighted by Crippen LogP contribution is -2.25. The molecule has 0 aliphatic heterocycles. The van der Waals surface area contributed by atoms with Crippen LogP contribution in [0.15, 0.2) is 18.2 Å². The molecule has 0 saturated carbocycles. The van der Waals surface area contributed by atoms with Crippen molar-refractivity contribution in [3.63, 3.8) is 0 Å². The van der Waals surface area contributed by atoms with Gasteiger partial charge in [0.25, 0.3) is 5.91 Å². The molecule has 0 radical (unpaired) electrons. The number of amides is 1. The Balaban J connectivity index is 2.63. The number of benzene rings is 1. The van der Waals surface area contributed by atoms with Gasteiger partial charge in [0.2, 0.25) is 0 Å². The zero-order chi connectivity index (χ0) is 10.6. The van der Waals surface area contributed by atoms with Crippen molar-refractivity contribution in [2.75, 3.05) is 0 Å². The highest BCUT2D eigenvalue weighted by molar-refractivity contribution is 6.35. The van der Waals surface area contributed by atoms with Crippen molar-refractivity contribution in [3.8, 4) is 5.75 Å². The maximum absolute atomic E-state index is 10.9. The van der Waals surface area contributed by atoms with Gasteiger partial charge in [-0.2, -0.15) is 5.48 Å². The minimum absolute atomic E-state index is 0.212. The van der Waals surface area contributed by atoms with E-state index >= 15 is 0 Å². The van der Waals surface area contributed by atoms with Gasteiger partial charge < -0.3 is 4.84 Å². The third kappa shape index (κ3) is 3.09. The number of hydroxylamine groups is 1. The molecule has 0 aliphatic carbocycles. The van der Waals surface area contributed by atoms with Crippen LogP contribution in [0.4, 0.5) is 0 Å². The van der Waals surface area contributed by atoms with Crippen molar-refractivity contribution < 1.29 is 9.63 Å². The minimum Gasteiger partial charge on any atom is -0.378 e. The predicted molar refractivity (Wildman–Crippen MR) is 55.5 cm³/mol. The average molecular weight is 234 g/mol. The van der Waals surface area contributed by atoms with E-state index in [1.165, 1.54) is 6.07 Å². The largest absolute Gasteiger partial charge is 0.378 e. The summed E-state index contributed by atoms with van der Waals surface area (Å²) in [6.07, 6.45) is 0.352. The summed E-state index contributed by atoms with van der Waals surface area (Å²) in [4.78, 5) is 15.8. The van der Waals surface area contributed by atoms with E-state index < -0.39 is 0 Å². The Bertz CT molecular complexity index is 342. The van der Waals surface area contributed by atoms with Crippen LogP contribution in [-0.4, -0.2) is 5.91 Å². The number of halogens is 2. The van der Waals surface area contributed by atoms with Gasteiger partial charge in [-0.05, 0) is 18.2 Å². The highest BCUT2D eigenvalue weighted by Crippen LogP contribution is 2.26. The highest BCUT2D eigenvalue weighted by atomic mass is 35.5. The van der Waals surface area contributed by atoms with Crippen LogP contribution in [0.3, 0.4) is 0 Å². The molecule has 0 saturated heterocycles. The van der Waals surface area contributed by atoms with Crippen LogP contribution in [0.5, 0.6) is 5.75 Å². The van der Waals surface area contributed by atoms with E-state index in [1.807, 2.05) is 0 Å². The Morgan fingerprint density at radius 1 is 1.50 bits per heavy atom. The van der Waals surface area contributed by atoms with Gasteiger partial charge in [-0.3, -0.25) is 4.79 Å². The Kier molecular flexibility index (Phi) is 4.04. The molecule has 14 heavy (non-hydrogen) atoms. The summed E-state index contributed by atoms with van der Waals surface area (Å²) in [7, 11) is 0. The number of carbonyl (C=O) groups excluding carboxylic acids is 1. The average Bonchev–Trinajstić information content (AvgIpc) is 2.16. The number of hydrogen-bond acceptors (Lipinski definition) is 2. The van der Waals surface area contributed by atoms with Gasteiger partial charge in [0, 0.05) is 11.4 Å². The van der Waals surface area contributed by atoms with Crippen molar-refractivity contribution in [2.45, 2.75) is 13.3 Å². The predicted octanol–water partition coefficient (Wildman–Crippen LogP) is 2.81. The Hall–Kier alpha value is -0.930. The van der Waals surface area contributed by atoms with E-state index in [-0.39, 0.29) is 5.91 Å². The second-order valence-electron chi connectivity index (χ2n) is 2.56. The normalized spacial score (nSPS) is 9.64. The molecule has 0 atom stereocenters. The molecule has 0 aromatic heterocycles. The van der Waals surface area contributed by atoms with Crippen molar-refractivity contribution in [2.24, 2.45) is 0 Å². The third-order valence-corrected chi connectivity index (χ3v) is 2.02. The summed E-state index contributed by atoms with van der Waals surface area (Å²) in [5.41, 5.74) is 2.24. The standard InChI is InChI=1S/C9H9Cl2NO2/c1-2-9(13)12-14-8-4-3-6(10)5-7(8)11/h3-5H,2H2,1H3,(H,12,13). The monoisotopic (exact) mass is 233 g/mol. The summed E-state index contributed by atoms with van der Waals surface area (Å²) < 4.78 is 0. The van der Waals surface area contributed by atoms with Crippen LogP contribution in [0.1, 0.15) is 13.3 Å². The van der Waals surface area contributed by atoms with Gasteiger partial charge in [-0.25, -0.2) is 0 Å². The fraction of sp³-hybridized carbons (Fsp3) is 0.222. The number of rotatable bonds is 3. The number of nitrogens with one attached hydrogen (secondary N) is 1. The molecule has 0 unspecified atom stereocenters. The molecule has 0 bridgehead atoms. The van der Waals surface area contributed by atoms with Gasteiger partial charge >= 0.3 is 0 Å². The van der Waals surface area contributed by atoms with Gasteiger partial charge in [0.1, 0.15) is 0 Å². The van der Waals surface area contributed by atoms with Crippen LogP contribution < -0.4 is 10.3 Å². The molecule has 1 N–H and O–H groups in total. The third-order valence-electron chi connectivity index (χ3n) is 1.49. The molecule has 1 rings (SSSR count). The van der Waals surface area contributed by atoms with E-state index in [0.29, 0.717) is 22.2 Å². The van der Waals surface area contributed by atoms with Gasteiger partial charge in [0.05, 0.1) is 5.02 Å². The first-order valence-electron chi connectivity index (χ1n) is 4.04. The zero-order valence-corrected chi connectivity index (χ0v) is 9.02. The molecule has 0 fully saturated rings. The smallest absolute Gasteiger partial charge is 0.252 e. The molecule has 1 aromatic carbocycles. The maximum atomic E-state index is 10.9. The van der Waals surface area contributed by atoms with Crippen molar-refractivity contribution >= 4 is 29.1 Å². The molecular formula is C9H9Cl2NO2. The fourth-order valence-corrected chi connectivity index (χ4v) is 1.19. The second-order valence-corrected chi connectivity index (χ2v) is 3.40. The topological polar surface area (TPSA) is 38.3 Å². The quantitative estimate of drug-likeness (QED) is 0.816. The minimum atomic E-state index is -0.212. The molecule has 1 amide bonds. The Morgan fingerprint density at radius 2 is 2.21 bits per heavy atom. The lowest BCUT2D eigenvalue weighted by Gasteiger charge is -2.07. The summed E-state index contributed by atoms with van der Waals surface area (Å²) in [6.45, 7) is 1.72. The fourth-order valence-electron chi connectivity index (χ4n) is 0.742. The first-order chi connectivity index (χ1) is 6.63. The molecule has 0 heterocycles. The lowest BCUT2D eigenvalue weighted by atomic mass is 10.3. The summed E-state index contributed by atoms with van der Waals surface area (Å²) in [6, 6.07) is 4.75. The zero-order valence-electron chi connectivity index (χ0n) is 7.51. The molecule has 1 aromatic rings. The van der Waals surface area contributed by atoms with Crippen molar-refractivity contribution in [1.82, 2.24) is 5.48 Å². The summed E-state index contributed by atoms with van der Waals surface area (Å²) >= 11 is 11.5. The SMILES string of the molecule is CCC(=O)NOc1ccc(Cl)cc1Cl. The van der Waals surface area contributed by atoms with Crippen LogP contribution in [-0.2, 0) is 4.79 Å². The van der Waals surface area contributed by atoms with Crippen LogP contribution >= 0.6 is 23.2 Å². The first kappa shape index (κ1) is 11.1. The molecule has 0 aliphatic rings. The Labute approximate surface area is 91.9 Å². The van der Waals surface area contributed by atoms with Crippen molar-refractivity contribution in [1.29, 1.82) is 0 Å². The highest BCUT2D eigenvalue weighted by Gasteiger charge is 2.04. The van der Waals surface area contributed by atoms with E-state index in [4.69, 9.17) is 28.0 Å². The molecule has 76 valence electrons. The van der Waals surface area contributed by atoms with Crippen LogP contribution in [0.25, 0.3) is 0 Å². The number of carbonyl (C=O) groups is 1. The molecule has 5 heteroatoms. The van der Waals surface area contributed by atoms with Gasteiger partial charge in [-0.15, -0.1) is 0 Å². The van der Waals surface area contributed by atoms with E-state index in [9.17, 15) is 4.79 Å². The van der Waals surface area contributed by atoms with Crippen molar-refractivity contribution in [3.05, 3.63) is 28.2 Å².